The van der Waals surface area contributed by atoms with Crippen LogP contribution in [0.15, 0.2) is 101 Å². The molecule has 0 aliphatic heterocycles. The highest BCUT2D eigenvalue weighted by atomic mass is 16.5. The first-order valence-electron chi connectivity index (χ1n) is 10.5. The first-order chi connectivity index (χ1) is 15.8. The third kappa shape index (κ3) is 3.69. The molecule has 0 aliphatic rings. The van der Waals surface area contributed by atoms with E-state index in [1.54, 1.807) is 14.2 Å². The van der Waals surface area contributed by atoms with Crippen LogP contribution in [-0.4, -0.2) is 14.2 Å². The fourth-order valence-electron chi connectivity index (χ4n) is 3.99. The van der Waals surface area contributed by atoms with Gasteiger partial charge < -0.3 is 9.47 Å². The second-order valence-electron chi connectivity index (χ2n) is 7.52. The molecule has 1 aromatic heterocycles. The van der Waals surface area contributed by atoms with Gasteiger partial charge in [-0.1, -0.05) is 48.5 Å². The molecule has 156 valence electrons. The van der Waals surface area contributed by atoms with Gasteiger partial charge in [0.2, 0.25) is 0 Å². The monoisotopic (exact) mass is 419 g/mol. The van der Waals surface area contributed by atoms with Crippen molar-refractivity contribution in [1.82, 2.24) is 0 Å². The van der Waals surface area contributed by atoms with Crippen molar-refractivity contribution in [3.8, 4) is 11.5 Å². The zero-order chi connectivity index (χ0) is 21.9. The Balaban J connectivity index is 1.80. The van der Waals surface area contributed by atoms with Crippen LogP contribution in [-0.2, 0) is 0 Å². The van der Waals surface area contributed by atoms with E-state index in [-0.39, 0.29) is 0 Å². The maximum Gasteiger partial charge on any atom is 0.361 e. The number of fused-ring (bicyclic) bond motifs is 2. The lowest BCUT2D eigenvalue weighted by Crippen LogP contribution is -1.92. The predicted octanol–water partition coefficient (Wildman–Crippen LogP) is 7.47. The minimum absolute atomic E-state index is 0.831. The second kappa shape index (κ2) is 8.56. The normalized spacial score (nSPS) is 10.8. The van der Waals surface area contributed by atoms with Gasteiger partial charge in [-0.05, 0) is 59.2 Å². The van der Waals surface area contributed by atoms with Crippen LogP contribution in [0.2, 0.25) is 0 Å². The average molecular weight is 420 g/mol. The van der Waals surface area contributed by atoms with Crippen molar-refractivity contribution in [3.05, 3.63) is 114 Å². The van der Waals surface area contributed by atoms with Gasteiger partial charge in [0.15, 0.2) is 0 Å². The molecule has 0 saturated heterocycles. The maximum atomic E-state index is 6.18. The first-order valence-corrected chi connectivity index (χ1v) is 10.5. The third-order valence-corrected chi connectivity index (χ3v) is 5.67. The predicted molar refractivity (Wildman–Crippen MR) is 131 cm³/mol. The van der Waals surface area contributed by atoms with Crippen molar-refractivity contribution in [2.24, 2.45) is 0 Å². The smallest absolute Gasteiger partial charge is 0.361 e. The molecule has 5 rings (SSSR count). The summed E-state index contributed by atoms with van der Waals surface area (Å²) in [5.74, 6) is 1.66. The van der Waals surface area contributed by atoms with Crippen LogP contribution in [0, 0.1) is 0 Å². The molecule has 0 bridgehead atoms. The Morgan fingerprint density at radius 1 is 0.594 bits per heavy atom. The summed E-state index contributed by atoms with van der Waals surface area (Å²) in [4.78, 5) is 0. The minimum atomic E-state index is 0.831. The van der Waals surface area contributed by atoms with E-state index in [2.05, 4.69) is 42.5 Å². The van der Waals surface area contributed by atoms with E-state index in [0.717, 1.165) is 55.7 Å². The van der Waals surface area contributed by atoms with Crippen LogP contribution in [0.25, 0.3) is 33.6 Å². The van der Waals surface area contributed by atoms with Gasteiger partial charge in [-0.25, -0.2) is 4.42 Å². The summed E-state index contributed by atoms with van der Waals surface area (Å²) in [6.45, 7) is 0. The van der Waals surface area contributed by atoms with Gasteiger partial charge in [-0.3, -0.25) is 0 Å². The summed E-state index contributed by atoms with van der Waals surface area (Å²) in [7, 11) is 3.36. The Labute approximate surface area is 187 Å². The average Bonchev–Trinajstić information content (AvgIpc) is 2.87. The molecule has 0 aliphatic carbocycles. The van der Waals surface area contributed by atoms with Gasteiger partial charge in [0.25, 0.3) is 0 Å². The highest BCUT2D eigenvalue weighted by molar-refractivity contribution is 6.06. The van der Waals surface area contributed by atoms with Crippen molar-refractivity contribution in [2.45, 2.75) is 0 Å². The van der Waals surface area contributed by atoms with E-state index in [9.17, 15) is 0 Å². The maximum absolute atomic E-state index is 6.18. The van der Waals surface area contributed by atoms with Crippen LogP contribution in [0.3, 0.4) is 0 Å². The summed E-state index contributed by atoms with van der Waals surface area (Å²) in [6.07, 6.45) is 2.25. The van der Waals surface area contributed by atoms with Crippen LogP contribution < -0.4 is 9.47 Å². The van der Waals surface area contributed by atoms with Gasteiger partial charge in [0.1, 0.15) is 11.5 Å². The van der Waals surface area contributed by atoms with Gasteiger partial charge in [-0.15, -0.1) is 0 Å². The molecule has 0 spiro atoms. The Bertz CT molecular complexity index is 1310. The SMILES string of the molecule is COc1ccc(C(=Cc2c3ccccc3[o+]c3ccccc23)c2ccc(OC)cc2)cc1. The quantitative estimate of drug-likeness (QED) is 0.219. The summed E-state index contributed by atoms with van der Waals surface area (Å²) < 4.78 is 16.9. The van der Waals surface area contributed by atoms with E-state index in [0.29, 0.717) is 0 Å². The van der Waals surface area contributed by atoms with Crippen LogP contribution >= 0.6 is 0 Å². The van der Waals surface area contributed by atoms with Gasteiger partial charge in [0, 0.05) is 17.7 Å². The van der Waals surface area contributed by atoms with Crippen molar-refractivity contribution in [1.29, 1.82) is 0 Å². The topological polar surface area (TPSA) is 29.8 Å². The van der Waals surface area contributed by atoms with Gasteiger partial charge >= 0.3 is 11.2 Å². The number of methoxy groups -OCH3 is 2. The standard InChI is InChI=1S/C29H23O3/c1-30-22-15-11-20(12-16-22)26(21-13-17-23(31-2)18-14-21)19-27-24-7-3-5-9-28(24)32-29-10-6-4-8-25(27)29/h3-19H,1-2H3/q+1. The summed E-state index contributed by atoms with van der Waals surface area (Å²) in [6, 6.07) is 32.7. The fraction of sp³-hybridized carbons (Fsp3) is 0.0690. The Morgan fingerprint density at radius 2 is 1.03 bits per heavy atom. The molecular weight excluding hydrogens is 396 g/mol. The molecule has 0 N–H and O–H groups in total. The van der Waals surface area contributed by atoms with E-state index in [4.69, 9.17) is 13.9 Å². The molecule has 0 radical (unpaired) electrons. The summed E-state index contributed by atoms with van der Waals surface area (Å²) in [5.41, 5.74) is 6.17. The number of hydrogen-bond acceptors (Lipinski definition) is 2. The highest BCUT2D eigenvalue weighted by Crippen LogP contribution is 2.35. The molecule has 0 atom stereocenters. The molecular formula is C29H23O3+. The van der Waals surface area contributed by atoms with Crippen molar-refractivity contribution >= 4 is 33.6 Å². The van der Waals surface area contributed by atoms with Crippen molar-refractivity contribution in [3.63, 3.8) is 0 Å². The Morgan fingerprint density at radius 3 is 1.47 bits per heavy atom. The third-order valence-electron chi connectivity index (χ3n) is 5.67. The molecule has 3 nitrogen and oxygen atoms in total. The number of ether oxygens (including phenoxy) is 2. The van der Waals surface area contributed by atoms with E-state index in [1.165, 1.54) is 0 Å². The molecule has 32 heavy (non-hydrogen) atoms. The summed E-state index contributed by atoms with van der Waals surface area (Å²) in [5, 5.41) is 2.15. The second-order valence-corrected chi connectivity index (χ2v) is 7.52. The van der Waals surface area contributed by atoms with Crippen LogP contribution in [0.1, 0.15) is 16.7 Å². The number of rotatable bonds is 5. The van der Waals surface area contributed by atoms with Gasteiger partial charge in [0.05, 0.1) is 25.0 Å². The lowest BCUT2D eigenvalue weighted by molar-refractivity contribution is 0.414. The molecule has 3 heteroatoms. The van der Waals surface area contributed by atoms with E-state index >= 15 is 0 Å². The lowest BCUT2D eigenvalue weighted by atomic mass is 9.93. The van der Waals surface area contributed by atoms with E-state index in [1.807, 2.05) is 60.7 Å². The molecule has 5 aromatic rings. The molecule has 0 saturated carbocycles. The molecule has 0 amide bonds. The highest BCUT2D eigenvalue weighted by Gasteiger charge is 2.18. The zero-order valence-corrected chi connectivity index (χ0v) is 18.0. The zero-order valence-electron chi connectivity index (χ0n) is 18.0. The van der Waals surface area contributed by atoms with Crippen LogP contribution in [0.4, 0.5) is 0 Å². The van der Waals surface area contributed by atoms with Crippen LogP contribution in [0.5, 0.6) is 11.5 Å². The van der Waals surface area contributed by atoms with Gasteiger partial charge in [-0.2, -0.15) is 0 Å². The summed E-state index contributed by atoms with van der Waals surface area (Å²) >= 11 is 0. The molecule has 0 unspecified atom stereocenters. The first kappa shape index (κ1) is 19.8. The minimum Gasteiger partial charge on any atom is -0.497 e. The Hall–Kier alpha value is -4.11. The van der Waals surface area contributed by atoms with Crippen molar-refractivity contribution in [2.75, 3.05) is 14.2 Å². The number of para-hydroxylation sites is 2. The number of hydrogen-bond donors (Lipinski definition) is 0. The number of benzene rings is 4. The fourth-order valence-corrected chi connectivity index (χ4v) is 3.99. The molecule has 4 aromatic carbocycles. The molecule has 1 heterocycles. The molecule has 0 fully saturated rings. The largest absolute Gasteiger partial charge is 0.497 e. The lowest BCUT2D eigenvalue weighted by Gasteiger charge is -2.12. The Kier molecular flexibility index (Phi) is 5.30. The van der Waals surface area contributed by atoms with E-state index < -0.39 is 0 Å². The van der Waals surface area contributed by atoms with Crippen molar-refractivity contribution < 1.29 is 13.9 Å².